The second-order valence-electron chi connectivity index (χ2n) is 14.9. The molecule has 4 fully saturated rings. The number of amides is 1. The number of halogens is 2. The Kier molecular flexibility index (Phi) is 7.46. The van der Waals surface area contributed by atoms with Gasteiger partial charge in [0.1, 0.15) is 34.6 Å². The van der Waals surface area contributed by atoms with E-state index in [9.17, 15) is 4.79 Å². The Balaban J connectivity index is 1.22. The molecule has 6 heterocycles. The van der Waals surface area contributed by atoms with Crippen LogP contribution in [-0.4, -0.2) is 86.4 Å². The van der Waals surface area contributed by atoms with Crippen LogP contribution in [0.2, 0.25) is 0 Å². The van der Waals surface area contributed by atoms with Gasteiger partial charge in [0.2, 0.25) is 0 Å². The number of hydrogen-bond donors (Lipinski definition) is 0. The summed E-state index contributed by atoms with van der Waals surface area (Å²) in [5.74, 6) is -0.570. The molecule has 3 atom stereocenters. The number of hydrogen-bond acceptors (Lipinski definition) is 8. The highest BCUT2D eigenvalue weighted by Gasteiger charge is 2.50. The standard InChI is InChI=1S/C37H42F2N6O3/c1-22(37-15-7-17-44(37)18-8-16-37)47-34-41-32-27(19-40-31(30(32)39)26-11-5-9-23-10-6-12-28(38)29(23)26)33(42-34)43-20-24-13-14-25(21-43)45(24)35(46)48-36(2,3)4/h5-6,9-12,19,22,24-25H,7-8,13-18,20-21H2,1-4H3. The Labute approximate surface area is 279 Å². The van der Waals surface area contributed by atoms with Crippen molar-refractivity contribution in [3.63, 3.8) is 0 Å². The molecule has 48 heavy (non-hydrogen) atoms. The Morgan fingerprint density at radius 2 is 1.69 bits per heavy atom. The number of fused-ring (bicyclic) bond motifs is 5. The number of carbonyl (C=O) groups is 1. The molecule has 1 amide bonds. The molecule has 4 aromatic rings. The highest BCUT2D eigenvalue weighted by molar-refractivity contribution is 5.99. The average Bonchev–Trinajstić information content (AvgIpc) is 3.72. The Morgan fingerprint density at radius 3 is 2.38 bits per heavy atom. The number of benzene rings is 2. The summed E-state index contributed by atoms with van der Waals surface area (Å²) in [7, 11) is 0. The summed E-state index contributed by atoms with van der Waals surface area (Å²) in [5, 5.41) is 1.41. The number of ether oxygens (including phenoxy) is 2. The lowest BCUT2D eigenvalue weighted by atomic mass is 9.88. The van der Waals surface area contributed by atoms with E-state index in [2.05, 4.69) is 21.7 Å². The van der Waals surface area contributed by atoms with Crippen molar-refractivity contribution in [2.75, 3.05) is 31.1 Å². The highest BCUT2D eigenvalue weighted by Crippen LogP contribution is 2.43. The molecule has 3 unspecified atom stereocenters. The summed E-state index contributed by atoms with van der Waals surface area (Å²) in [6.45, 7) is 10.8. The maximum absolute atomic E-state index is 16.9. The molecule has 4 aliphatic rings. The van der Waals surface area contributed by atoms with Gasteiger partial charge < -0.3 is 14.4 Å². The highest BCUT2D eigenvalue weighted by atomic mass is 19.1. The van der Waals surface area contributed by atoms with Gasteiger partial charge in [0.25, 0.3) is 0 Å². The quantitative estimate of drug-likeness (QED) is 0.225. The number of carbonyl (C=O) groups excluding carboxylic acids is 1. The molecule has 2 aromatic heterocycles. The van der Waals surface area contributed by atoms with Crippen LogP contribution in [0.4, 0.5) is 19.4 Å². The van der Waals surface area contributed by atoms with Gasteiger partial charge in [0.05, 0.1) is 23.0 Å². The van der Waals surface area contributed by atoms with E-state index in [1.54, 1.807) is 36.5 Å². The largest absolute Gasteiger partial charge is 0.458 e. The van der Waals surface area contributed by atoms with E-state index in [4.69, 9.17) is 19.4 Å². The van der Waals surface area contributed by atoms with Crippen LogP contribution in [0.15, 0.2) is 42.6 Å². The first-order valence-corrected chi connectivity index (χ1v) is 17.2. The summed E-state index contributed by atoms with van der Waals surface area (Å²) in [6.07, 6.45) is 7.07. The average molecular weight is 657 g/mol. The third-order valence-corrected chi connectivity index (χ3v) is 10.9. The van der Waals surface area contributed by atoms with E-state index in [-0.39, 0.29) is 47.0 Å². The minimum absolute atomic E-state index is 0.0213. The first-order chi connectivity index (χ1) is 23.0. The molecule has 9 nitrogen and oxygen atoms in total. The lowest BCUT2D eigenvalue weighted by Gasteiger charge is -2.42. The van der Waals surface area contributed by atoms with Crippen molar-refractivity contribution < 1.29 is 23.0 Å². The monoisotopic (exact) mass is 656 g/mol. The number of aromatic nitrogens is 3. The number of piperazine rings is 1. The minimum atomic E-state index is -0.652. The fourth-order valence-corrected chi connectivity index (χ4v) is 8.77. The van der Waals surface area contributed by atoms with Gasteiger partial charge in [0.15, 0.2) is 5.82 Å². The molecular formula is C37H42F2N6O3. The van der Waals surface area contributed by atoms with Crippen LogP contribution >= 0.6 is 0 Å². The van der Waals surface area contributed by atoms with Gasteiger partial charge >= 0.3 is 12.1 Å². The van der Waals surface area contributed by atoms with Crippen LogP contribution in [0.1, 0.15) is 66.2 Å². The van der Waals surface area contributed by atoms with Gasteiger partial charge in [-0.15, -0.1) is 0 Å². The molecule has 2 bridgehead atoms. The van der Waals surface area contributed by atoms with Crippen molar-refractivity contribution in [2.24, 2.45) is 0 Å². The summed E-state index contributed by atoms with van der Waals surface area (Å²) >= 11 is 0. The van der Waals surface area contributed by atoms with Crippen molar-refractivity contribution in [3.8, 4) is 17.3 Å². The predicted octanol–water partition coefficient (Wildman–Crippen LogP) is 7.11. The van der Waals surface area contributed by atoms with Gasteiger partial charge in [-0.1, -0.05) is 30.3 Å². The molecule has 0 aliphatic carbocycles. The normalized spacial score (nSPS) is 22.8. The van der Waals surface area contributed by atoms with Crippen molar-refractivity contribution in [3.05, 3.63) is 54.2 Å². The topological polar surface area (TPSA) is 83.9 Å². The fraction of sp³-hybridized carbons (Fsp3) is 0.514. The molecule has 0 spiro atoms. The van der Waals surface area contributed by atoms with E-state index in [1.165, 1.54) is 6.07 Å². The summed E-state index contributed by atoms with van der Waals surface area (Å²) in [5.41, 5.74) is -0.223. The van der Waals surface area contributed by atoms with Crippen LogP contribution in [0, 0.1) is 11.6 Å². The lowest BCUT2D eigenvalue weighted by Crippen LogP contribution is -2.57. The molecule has 4 aliphatic heterocycles. The lowest BCUT2D eigenvalue weighted by molar-refractivity contribution is 0.0122. The van der Waals surface area contributed by atoms with Crippen LogP contribution in [0.25, 0.3) is 32.9 Å². The first-order valence-electron chi connectivity index (χ1n) is 17.2. The zero-order valence-electron chi connectivity index (χ0n) is 28.0. The number of pyridine rings is 1. The SMILES string of the molecule is CC(Oc1nc(N2CC3CCC(C2)N3C(=O)OC(C)(C)C)c2cnc(-c3cccc4cccc(F)c34)c(F)c2n1)C12CCCN1CCC2. The van der Waals surface area contributed by atoms with E-state index in [0.717, 1.165) is 51.6 Å². The van der Waals surface area contributed by atoms with Crippen molar-refractivity contribution in [2.45, 2.75) is 95.5 Å². The van der Waals surface area contributed by atoms with E-state index in [1.807, 2.05) is 25.7 Å². The number of rotatable bonds is 5. The van der Waals surface area contributed by atoms with Gasteiger partial charge in [-0.2, -0.15) is 9.97 Å². The Morgan fingerprint density at radius 1 is 1.00 bits per heavy atom. The molecule has 0 saturated carbocycles. The molecule has 2 aromatic carbocycles. The second-order valence-corrected chi connectivity index (χ2v) is 14.9. The van der Waals surface area contributed by atoms with Gasteiger partial charge in [-0.3, -0.25) is 14.8 Å². The van der Waals surface area contributed by atoms with Crippen molar-refractivity contribution >= 4 is 33.6 Å². The van der Waals surface area contributed by atoms with Crippen LogP contribution in [-0.2, 0) is 4.74 Å². The Bertz CT molecular complexity index is 1880. The molecule has 8 rings (SSSR count). The van der Waals surface area contributed by atoms with E-state index in [0.29, 0.717) is 40.6 Å². The summed E-state index contributed by atoms with van der Waals surface area (Å²) < 4.78 is 44.4. The zero-order valence-corrected chi connectivity index (χ0v) is 28.0. The molecule has 11 heteroatoms. The molecule has 0 radical (unpaired) electrons. The molecule has 252 valence electrons. The van der Waals surface area contributed by atoms with Gasteiger partial charge in [-0.05, 0) is 90.8 Å². The molecule has 0 N–H and O–H groups in total. The maximum Gasteiger partial charge on any atom is 0.410 e. The zero-order chi connectivity index (χ0) is 33.4. The van der Waals surface area contributed by atoms with Crippen molar-refractivity contribution in [1.82, 2.24) is 24.8 Å². The van der Waals surface area contributed by atoms with E-state index < -0.39 is 17.2 Å². The summed E-state index contributed by atoms with van der Waals surface area (Å²) in [4.78, 5) is 33.9. The third-order valence-electron chi connectivity index (χ3n) is 10.9. The van der Waals surface area contributed by atoms with Gasteiger partial charge in [-0.25, -0.2) is 13.6 Å². The van der Waals surface area contributed by atoms with Crippen LogP contribution in [0.5, 0.6) is 6.01 Å². The molecule has 4 saturated heterocycles. The minimum Gasteiger partial charge on any atom is -0.458 e. The smallest absolute Gasteiger partial charge is 0.410 e. The van der Waals surface area contributed by atoms with Gasteiger partial charge in [0, 0.05) is 30.2 Å². The first kappa shape index (κ1) is 31.2. The summed E-state index contributed by atoms with van der Waals surface area (Å²) in [6, 6.07) is 10.0. The fourth-order valence-electron chi connectivity index (χ4n) is 8.77. The third kappa shape index (κ3) is 5.12. The second kappa shape index (κ2) is 11.5. The maximum atomic E-state index is 16.9. The Hall–Kier alpha value is -4.12. The van der Waals surface area contributed by atoms with Crippen LogP contribution < -0.4 is 9.64 Å². The molecular weight excluding hydrogens is 614 g/mol. The van der Waals surface area contributed by atoms with Crippen molar-refractivity contribution in [1.29, 1.82) is 0 Å². The number of anilines is 1. The van der Waals surface area contributed by atoms with E-state index >= 15 is 8.78 Å². The van der Waals surface area contributed by atoms with Crippen LogP contribution in [0.3, 0.4) is 0 Å². The number of nitrogens with zero attached hydrogens (tertiary/aromatic N) is 6. The predicted molar refractivity (Wildman–Crippen MR) is 180 cm³/mol.